The molecule has 134 valence electrons. The zero-order valence-electron chi connectivity index (χ0n) is 14.0. The van der Waals surface area contributed by atoms with Crippen LogP contribution in [0.3, 0.4) is 0 Å². The SMILES string of the molecule is CC1(c2ccc(O)cc2)OS(=O)(=O)c2ccccc21.Oc1ccccc1. The normalized spacial score (nSPS) is 19.9. The zero-order valence-corrected chi connectivity index (χ0v) is 14.8. The van der Waals surface area contributed by atoms with Crippen molar-refractivity contribution >= 4 is 10.1 Å². The van der Waals surface area contributed by atoms with Gasteiger partial charge in [0, 0.05) is 5.56 Å². The van der Waals surface area contributed by atoms with Crippen LogP contribution in [0.15, 0.2) is 83.8 Å². The predicted octanol–water partition coefficient (Wildman–Crippen LogP) is 3.77. The Hall–Kier alpha value is -2.83. The van der Waals surface area contributed by atoms with Crippen LogP contribution in [0, 0.1) is 0 Å². The molecule has 1 aliphatic heterocycles. The summed E-state index contributed by atoms with van der Waals surface area (Å²) >= 11 is 0. The Kier molecular flexibility index (Phi) is 4.71. The maximum atomic E-state index is 12.0. The van der Waals surface area contributed by atoms with Gasteiger partial charge in [-0.25, -0.2) is 0 Å². The van der Waals surface area contributed by atoms with Crippen LogP contribution in [-0.2, 0) is 19.9 Å². The van der Waals surface area contributed by atoms with E-state index in [1.165, 1.54) is 18.2 Å². The third-order valence-electron chi connectivity index (χ3n) is 4.12. The first-order valence-electron chi connectivity index (χ1n) is 7.91. The number of rotatable bonds is 1. The molecule has 0 amide bonds. The van der Waals surface area contributed by atoms with E-state index in [0.29, 0.717) is 16.9 Å². The van der Waals surface area contributed by atoms with E-state index in [1.54, 1.807) is 61.5 Å². The van der Waals surface area contributed by atoms with Gasteiger partial charge in [0.25, 0.3) is 10.1 Å². The molecule has 1 aliphatic rings. The van der Waals surface area contributed by atoms with Gasteiger partial charge >= 0.3 is 0 Å². The van der Waals surface area contributed by atoms with Gasteiger partial charge in [-0.2, -0.15) is 8.42 Å². The third kappa shape index (κ3) is 3.42. The lowest BCUT2D eigenvalue weighted by Gasteiger charge is -2.23. The number of aromatic hydroxyl groups is 2. The van der Waals surface area contributed by atoms with Crippen LogP contribution in [0.25, 0.3) is 0 Å². The maximum absolute atomic E-state index is 12.0. The first kappa shape index (κ1) is 18.0. The topological polar surface area (TPSA) is 83.8 Å². The maximum Gasteiger partial charge on any atom is 0.298 e. The summed E-state index contributed by atoms with van der Waals surface area (Å²) in [7, 11) is -3.73. The monoisotopic (exact) mass is 370 g/mol. The van der Waals surface area contributed by atoms with Crippen LogP contribution in [0.2, 0.25) is 0 Å². The Morgan fingerprint density at radius 3 is 1.88 bits per heavy atom. The molecule has 1 unspecified atom stereocenters. The predicted molar refractivity (Wildman–Crippen MR) is 97.4 cm³/mol. The Bertz CT molecular complexity index is 998. The fraction of sp³-hybridized carbons (Fsp3) is 0.100. The molecule has 3 aromatic rings. The van der Waals surface area contributed by atoms with Gasteiger partial charge in [-0.3, -0.25) is 4.18 Å². The molecule has 5 nitrogen and oxygen atoms in total. The third-order valence-corrected chi connectivity index (χ3v) is 5.57. The lowest BCUT2D eigenvalue weighted by atomic mass is 9.88. The molecule has 4 rings (SSSR count). The van der Waals surface area contributed by atoms with Gasteiger partial charge in [-0.05, 0) is 42.8 Å². The fourth-order valence-electron chi connectivity index (χ4n) is 2.80. The van der Waals surface area contributed by atoms with Gasteiger partial charge in [-0.15, -0.1) is 0 Å². The second kappa shape index (κ2) is 6.82. The van der Waals surface area contributed by atoms with Crippen molar-refractivity contribution in [3.05, 3.63) is 90.0 Å². The second-order valence-corrected chi connectivity index (χ2v) is 7.46. The van der Waals surface area contributed by atoms with E-state index in [0.717, 1.165) is 0 Å². The molecule has 0 radical (unpaired) electrons. The first-order valence-corrected chi connectivity index (χ1v) is 9.32. The van der Waals surface area contributed by atoms with Crippen LogP contribution in [0.5, 0.6) is 11.5 Å². The number of hydrogen-bond acceptors (Lipinski definition) is 5. The summed E-state index contributed by atoms with van der Waals surface area (Å²) in [5.74, 6) is 0.448. The molecular weight excluding hydrogens is 352 g/mol. The van der Waals surface area contributed by atoms with E-state index in [9.17, 15) is 13.5 Å². The van der Waals surface area contributed by atoms with Crippen molar-refractivity contribution in [1.29, 1.82) is 0 Å². The number of hydrogen-bond donors (Lipinski definition) is 2. The standard InChI is InChI=1S/C14H12O4S.C6H6O/c1-14(10-6-8-11(15)9-7-10)12-4-2-3-5-13(12)19(16,17)18-14;7-6-4-2-1-3-5-6/h2-9,15H,1H3;1-5,7H. The second-order valence-electron chi connectivity index (χ2n) is 5.95. The lowest BCUT2D eigenvalue weighted by Crippen LogP contribution is -2.23. The molecule has 0 saturated heterocycles. The molecule has 6 heteroatoms. The van der Waals surface area contributed by atoms with E-state index in [2.05, 4.69) is 0 Å². The van der Waals surface area contributed by atoms with Gasteiger partial charge in [0.05, 0.1) is 0 Å². The summed E-state index contributed by atoms with van der Waals surface area (Å²) in [5.41, 5.74) is 0.239. The van der Waals surface area contributed by atoms with Gasteiger partial charge in [-0.1, -0.05) is 48.5 Å². The van der Waals surface area contributed by atoms with Gasteiger partial charge in [0.15, 0.2) is 0 Å². The molecule has 1 heterocycles. The number of phenols is 2. The molecule has 26 heavy (non-hydrogen) atoms. The van der Waals surface area contributed by atoms with Gasteiger partial charge < -0.3 is 10.2 Å². The molecule has 1 atom stereocenters. The fourth-order valence-corrected chi connectivity index (χ4v) is 4.29. The van der Waals surface area contributed by atoms with Crippen molar-refractivity contribution in [1.82, 2.24) is 0 Å². The minimum absolute atomic E-state index is 0.126. The highest BCUT2D eigenvalue weighted by Gasteiger charge is 2.46. The van der Waals surface area contributed by atoms with Crippen LogP contribution < -0.4 is 0 Å². The number of phenolic OH excluding ortho intramolecular Hbond substituents is 2. The average molecular weight is 370 g/mol. The zero-order chi connectivity index (χ0) is 18.8. The van der Waals surface area contributed by atoms with Crippen molar-refractivity contribution < 1.29 is 22.8 Å². The summed E-state index contributed by atoms with van der Waals surface area (Å²) < 4.78 is 29.4. The Morgan fingerprint density at radius 1 is 0.769 bits per heavy atom. The highest BCUT2D eigenvalue weighted by Crippen LogP contribution is 2.45. The minimum Gasteiger partial charge on any atom is -0.508 e. The number of benzene rings is 3. The van der Waals surface area contributed by atoms with Gasteiger partial charge in [0.2, 0.25) is 0 Å². The summed E-state index contributed by atoms with van der Waals surface area (Å²) in [6.07, 6.45) is 0. The minimum atomic E-state index is -3.73. The largest absolute Gasteiger partial charge is 0.508 e. The summed E-state index contributed by atoms with van der Waals surface area (Å²) in [4.78, 5) is 0.200. The first-order chi connectivity index (χ1) is 12.3. The van der Waals surface area contributed by atoms with Crippen molar-refractivity contribution in [3.63, 3.8) is 0 Å². The van der Waals surface area contributed by atoms with Crippen LogP contribution in [-0.4, -0.2) is 18.6 Å². The van der Waals surface area contributed by atoms with E-state index in [1.807, 2.05) is 6.07 Å². The number of fused-ring (bicyclic) bond motifs is 1. The van der Waals surface area contributed by atoms with Gasteiger partial charge in [0.1, 0.15) is 22.0 Å². The molecule has 0 bridgehead atoms. The highest BCUT2D eigenvalue weighted by molar-refractivity contribution is 7.87. The molecule has 0 fully saturated rings. The molecule has 0 spiro atoms. The highest BCUT2D eigenvalue weighted by atomic mass is 32.2. The summed E-state index contributed by atoms with van der Waals surface area (Å²) in [5, 5.41) is 18.0. The van der Waals surface area contributed by atoms with E-state index in [-0.39, 0.29) is 10.6 Å². The molecule has 0 aliphatic carbocycles. The van der Waals surface area contributed by atoms with Crippen molar-refractivity contribution in [2.75, 3.05) is 0 Å². The number of para-hydroxylation sites is 1. The Balaban J connectivity index is 0.000000236. The quantitative estimate of drug-likeness (QED) is 0.637. The van der Waals surface area contributed by atoms with Crippen molar-refractivity contribution in [2.45, 2.75) is 17.4 Å². The van der Waals surface area contributed by atoms with Crippen LogP contribution in [0.1, 0.15) is 18.1 Å². The summed E-state index contributed by atoms with van der Waals surface area (Å²) in [6.45, 7) is 1.71. The smallest absolute Gasteiger partial charge is 0.298 e. The Labute approximate surface area is 152 Å². The lowest BCUT2D eigenvalue weighted by molar-refractivity contribution is 0.156. The molecular formula is C20H18O5S. The molecule has 3 aromatic carbocycles. The Morgan fingerprint density at radius 2 is 1.31 bits per heavy atom. The van der Waals surface area contributed by atoms with Crippen LogP contribution >= 0.6 is 0 Å². The molecule has 2 N–H and O–H groups in total. The summed E-state index contributed by atoms with van der Waals surface area (Å²) in [6, 6.07) is 21.8. The van der Waals surface area contributed by atoms with Crippen molar-refractivity contribution in [2.24, 2.45) is 0 Å². The van der Waals surface area contributed by atoms with E-state index >= 15 is 0 Å². The van der Waals surface area contributed by atoms with Crippen LogP contribution in [0.4, 0.5) is 0 Å². The van der Waals surface area contributed by atoms with Crippen molar-refractivity contribution in [3.8, 4) is 11.5 Å². The average Bonchev–Trinajstić information content (AvgIpc) is 2.84. The van der Waals surface area contributed by atoms with E-state index < -0.39 is 15.7 Å². The van der Waals surface area contributed by atoms with E-state index in [4.69, 9.17) is 9.29 Å². The molecule has 0 aromatic heterocycles. The molecule has 0 saturated carbocycles.